The van der Waals surface area contributed by atoms with Crippen molar-refractivity contribution >= 4 is 22.0 Å². The fraction of sp³-hybridized carbons (Fsp3) is 0.800. The Labute approximate surface area is 111 Å². The highest BCUT2D eigenvalue weighted by Gasteiger charge is 2.42. The molecule has 9 heteroatoms. The van der Waals surface area contributed by atoms with E-state index >= 15 is 0 Å². The monoisotopic (exact) mass is 295 g/mol. The molecule has 0 spiro atoms. The lowest BCUT2D eigenvalue weighted by molar-refractivity contribution is -0.142. The van der Waals surface area contributed by atoms with Crippen molar-refractivity contribution in [1.82, 2.24) is 4.31 Å². The number of aliphatic carboxylic acids is 1. The number of carbonyl (C=O) groups is 2. The Morgan fingerprint density at radius 1 is 1.42 bits per heavy atom. The lowest BCUT2D eigenvalue weighted by Crippen LogP contribution is -2.42. The normalized spacial score (nSPS) is 24.3. The number of carboxylic acids is 1. The molecule has 1 heterocycles. The molecule has 2 N–H and O–H groups in total. The van der Waals surface area contributed by atoms with Crippen molar-refractivity contribution in [2.75, 3.05) is 18.9 Å². The Bertz CT molecular complexity index is 447. The molecule has 110 valence electrons. The molecule has 19 heavy (non-hydrogen) atoms. The van der Waals surface area contributed by atoms with Crippen LogP contribution in [0, 0.1) is 0 Å². The topological polar surface area (TPSA) is 121 Å². The van der Waals surface area contributed by atoms with Crippen molar-refractivity contribution in [3.8, 4) is 0 Å². The molecule has 0 saturated carbocycles. The zero-order chi connectivity index (χ0) is 14.6. The number of aliphatic hydroxyl groups is 1. The minimum atomic E-state index is -3.91. The van der Waals surface area contributed by atoms with E-state index in [1.54, 1.807) is 6.92 Å². The second-order valence-electron chi connectivity index (χ2n) is 4.18. The molecule has 2 atom stereocenters. The quantitative estimate of drug-likeness (QED) is 0.590. The third-order valence-corrected chi connectivity index (χ3v) is 4.58. The Balaban J connectivity index is 2.71. The second-order valence-corrected chi connectivity index (χ2v) is 6.23. The van der Waals surface area contributed by atoms with E-state index in [4.69, 9.17) is 5.11 Å². The molecule has 0 aliphatic carbocycles. The number of hydrogen-bond acceptors (Lipinski definition) is 6. The molecule has 1 saturated heterocycles. The van der Waals surface area contributed by atoms with Crippen LogP contribution in [-0.2, 0) is 24.3 Å². The summed E-state index contributed by atoms with van der Waals surface area (Å²) >= 11 is 0. The maximum Gasteiger partial charge on any atom is 0.322 e. The molecular formula is C10H17NO7S. The SMILES string of the molecule is CCOC(=O)CCS(=O)(=O)N1CC(O)CC1C(=O)O. The standard InChI is InChI=1S/C10H17NO7S/c1-2-18-9(13)3-4-19(16,17)11-6-7(12)5-8(11)10(14)15/h7-8,12H,2-6H2,1H3,(H,14,15). The van der Waals surface area contributed by atoms with Gasteiger partial charge in [0.05, 0.1) is 24.9 Å². The summed E-state index contributed by atoms with van der Waals surface area (Å²) in [6.07, 6.45) is -1.48. The molecule has 1 fully saturated rings. The summed E-state index contributed by atoms with van der Waals surface area (Å²) in [7, 11) is -3.91. The van der Waals surface area contributed by atoms with Crippen LogP contribution in [0.2, 0.25) is 0 Å². The number of ether oxygens (including phenoxy) is 1. The van der Waals surface area contributed by atoms with E-state index < -0.39 is 39.9 Å². The molecule has 0 aromatic carbocycles. The smallest absolute Gasteiger partial charge is 0.322 e. The molecule has 0 aromatic rings. The van der Waals surface area contributed by atoms with Crippen molar-refractivity contribution in [3.05, 3.63) is 0 Å². The Hall–Kier alpha value is -1.19. The summed E-state index contributed by atoms with van der Waals surface area (Å²) < 4.78 is 29.2. The third-order valence-electron chi connectivity index (χ3n) is 2.75. The molecule has 1 aliphatic heterocycles. The van der Waals surface area contributed by atoms with Crippen molar-refractivity contribution in [1.29, 1.82) is 0 Å². The van der Waals surface area contributed by atoms with Crippen molar-refractivity contribution in [2.45, 2.75) is 31.9 Å². The number of sulfonamides is 1. The molecule has 0 aromatic heterocycles. The van der Waals surface area contributed by atoms with E-state index in [9.17, 15) is 23.1 Å². The maximum absolute atomic E-state index is 11.9. The van der Waals surface area contributed by atoms with Crippen LogP contribution < -0.4 is 0 Å². The van der Waals surface area contributed by atoms with E-state index in [2.05, 4.69) is 4.74 Å². The lowest BCUT2D eigenvalue weighted by Gasteiger charge is -2.20. The number of carbonyl (C=O) groups excluding carboxylic acids is 1. The minimum absolute atomic E-state index is 0.145. The summed E-state index contributed by atoms with van der Waals surface area (Å²) in [6, 6.07) is -1.28. The molecular weight excluding hydrogens is 278 g/mol. The first-order valence-corrected chi connectivity index (χ1v) is 7.45. The number of carboxylic acid groups (broad SMARTS) is 1. The van der Waals surface area contributed by atoms with Gasteiger partial charge in [-0.3, -0.25) is 9.59 Å². The van der Waals surface area contributed by atoms with Crippen molar-refractivity contribution < 1.29 is 33.0 Å². The van der Waals surface area contributed by atoms with Gasteiger partial charge < -0.3 is 14.9 Å². The van der Waals surface area contributed by atoms with Gasteiger partial charge in [-0.05, 0) is 6.92 Å². The number of nitrogens with zero attached hydrogens (tertiary/aromatic N) is 1. The summed E-state index contributed by atoms with van der Waals surface area (Å²) in [5.41, 5.74) is 0. The zero-order valence-electron chi connectivity index (χ0n) is 10.5. The van der Waals surface area contributed by atoms with E-state index in [0.717, 1.165) is 4.31 Å². The average Bonchev–Trinajstić information content (AvgIpc) is 2.70. The minimum Gasteiger partial charge on any atom is -0.480 e. The predicted octanol–water partition coefficient (Wildman–Crippen LogP) is -1.21. The number of hydrogen-bond donors (Lipinski definition) is 2. The highest BCUT2D eigenvalue weighted by atomic mass is 32.2. The number of esters is 1. The van der Waals surface area contributed by atoms with E-state index in [1.165, 1.54) is 0 Å². The molecule has 1 rings (SSSR count). The van der Waals surface area contributed by atoms with Gasteiger partial charge in [0.2, 0.25) is 10.0 Å². The summed E-state index contributed by atoms with van der Waals surface area (Å²) in [5.74, 6) is -2.49. The lowest BCUT2D eigenvalue weighted by atomic mass is 10.2. The highest BCUT2D eigenvalue weighted by Crippen LogP contribution is 2.22. The number of β-amino-alcohol motifs (C(OH)–C–C–N with tert-alkyl or cyclic N) is 1. The van der Waals surface area contributed by atoms with Crippen LogP contribution in [0.1, 0.15) is 19.8 Å². The van der Waals surface area contributed by atoms with Crippen LogP contribution in [0.15, 0.2) is 0 Å². The fourth-order valence-electron chi connectivity index (χ4n) is 1.88. The molecule has 2 unspecified atom stereocenters. The molecule has 0 bridgehead atoms. The van der Waals surface area contributed by atoms with Crippen LogP contribution in [0.25, 0.3) is 0 Å². The highest BCUT2D eigenvalue weighted by molar-refractivity contribution is 7.89. The van der Waals surface area contributed by atoms with Gasteiger partial charge in [-0.15, -0.1) is 0 Å². The number of rotatable bonds is 6. The first kappa shape index (κ1) is 15.9. The average molecular weight is 295 g/mol. The third kappa shape index (κ3) is 4.15. The summed E-state index contributed by atoms with van der Waals surface area (Å²) in [6.45, 7) is 1.49. The summed E-state index contributed by atoms with van der Waals surface area (Å²) in [4.78, 5) is 22.0. The van der Waals surface area contributed by atoms with Crippen LogP contribution in [0.4, 0.5) is 0 Å². The van der Waals surface area contributed by atoms with E-state index in [1.807, 2.05) is 0 Å². The predicted molar refractivity (Wildman–Crippen MR) is 63.8 cm³/mol. The fourth-order valence-corrected chi connectivity index (χ4v) is 3.50. The Kier molecular flexibility index (Phi) is 5.27. The van der Waals surface area contributed by atoms with Gasteiger partial charge in [0.15, 0.2) is 0 Å². The van der Waals surface area contributed by atoms with Gasteiger partial charge in [-0.2, -0.15) is 4.31 Å². The second kappa shape index (κ2) is 6.31. The van der Waals surface area contributed by atoms with Gasteiger partial charge in [0.1, 0.15) is 6.04 Å². The maximum atomic E-state index is 11.9. The van der Waals surface area contributed by atoms with Crippen LogP contribution in [0.5, 0.6) is 0 Å². The zero-order valence-corrected chi connectivity index (χ0v) is 11.3. The largest absolute Gasteiger partial charge is 0.480 e. The van der Waals surface area contributed by atoms with Crippen LogP contribution in [0.3, 0.4) is 0 Å². The van der Waals surface area contributed by atoms with Gasteiger partial charge in [0, 0.05) is 13.0 Å². The van der Waals surface area contributed by atoms with Crippen molar-refractivity contribution in [3.63, 3.8) is 0 Å². The van der Waals surface area contributed by atoms with Crippen molar-refractivity contribution in [2.24, 2.45) is 0 Å². The van der Waals surface area contributed by atoms with Gasteiger partial charge in [0.25, 0.3) is 0 Å². The first-order chi connectivity index (χ1) is 8.77. The van der Waals surface area contributed by atoms with Gasteiger partial charge in [-0.25, -0.2) is 8.42 Å². The van der Waals surface area contributed by atoms with E-state index in [0.29, 0.717) is 0 Å². The number of aliphatic hydroxyl groups excluding tert-OH is 1. The summed E-state index contributed by atoms with van der Waals surface area (Å²) in [5, 5.41) is 18.3. The van der Waals surface area contributed by atoms with Gasteiger partial charge >= 0.3 is 11.9 Å². The van der Waals surface area contributed by atoms with Gasteiger partial charge in [-0.1, -0.05) is 0 Å². The molecule has 8 nitrogen and oxygen atoms in total. The van der Waals surface area contributed by atoms with Crippen LogP contribution in [-0.4, -0.2) is 65.9 Å². The molecule has 0 radical (unpaired) electrons. The molecule has 0 amide bonds. The molecule has 1 aliphatic rings. The Morgan fingerprint density at radius 3 is 2.58 bits per heavy atom. The first-order valence-electron chi connectivity index (χ1n) is 5.84. The van der Waals surface area contributed by atoms with Crippen LogP contribution >= 0.6 is 0 Å². The Morgan fingerprint density at radius 2 is 2.05 bits per heavy atom. The van der Waals surface area contributed by atoms with E-state index in [-0.39, 0.29) is 26.0 Å².